The van der Waals surface area contributed by atoms with Crippen LogP contribution in [0.5, 0.6) is 11.5 Å². The number of aromatic nitrogens is 2. The van der Waals surface area contributed by atoms with E-state index >= 15 is 0 Å². The summed E-state index contributed by atoms with van der Waals surface area (Å²) in [6.07, 6.45) is 2.24. The number of nitrogens with two attached hydrogens (primary N) is 1. The summed E-state index contributed by atoms with van der Waals surface area (Å²) in [5.41, 5.74) is 8.69. The lowest BCUT2D eigenvalue weighted by Crippen LogP contribution is -2.21. The van der Waals surface area contributed by atoms with Crippen molar-refractivity contribution in [3.05, 3.63) is 59.5 Å². The number of nitrogens with zero attached hydrogens (tertiary/aromatic N) is 2. The van der Waals surface area contributed by atoms with Crippen molar-refractivity contribution in [1.29, 1.82) is 0 Å². The molecule has 0 aliphatic carbocycles. The number of benzene rings is 1. The Labute approximate surface area is 161 Å². The van der Waals surface area contributed by atoms with Crippen LogP contribution in [0.3, 0.4) is 0 Å². The molecule has 3 aromatic rings. The molecule has 1 atom stereocenters. The number of fused-ring (bicyclic) bond motifs is 3. The Morgan fingerprint density at radius 2 is 2.18 bits per heavy atom. The fourth-order valence-corrected chi connectivity index (χ4v) is 3.54. The number of ether oxygens (including phenoxy) is 2. The van der Waals surface area contributed by atoms with Gasteiger partial charge in [0.15, 0.2) is 18.1 Å². The number of primary amides is 1. The van der Waals surface area contributed by atoms with E-state index in [1.807, 2.05) is 40.9 Å². The molecule has 8 heteroatoms. The summed E-state index contributed by atoms with van der Waals surface area (Å²) in [4.78, 5) is 28.0. The van der Waals surface area contributed by atoms with E-state index in [1.54, 1.807) is 6.07 Å². The van der Waals surface area contributed by atoms with Gasteiger partial charge in [0.05, 0.1) is 25.0 Å². The average Bonchev–Trinajstić information content (AvgIpc) is 2.98. The number of imidazole rings is 1. The summed E-state index contributed by atoms with van der Waals surface area (Å²) in [5, 5.41) is 2.91. The molecule has 3 heterocycles. The van der Waals surface area contributed by atoms with E-state index in [-0.39, 0.29) is 18.4 Å². The van der Waals surface area contributed by atoms with Crippen molar-refractivity contribution in [1.82, 2.24) is 14.7 Å². The van der Waals surface area contributed by atoms with Gasteiger partial charge in [0.1, 0.15) is 5.65 Å². The molecule has 0 saturated carbocycles. The van der Waals surface area contributed by atoms with Crippen LogP contribution < -0.4 is 20.5 Å². The molecule has 1 aromatic carbocycles. The van der Waals surface area contributed by atoms with E-state index < -0.39 is 5.91 Å². The Hall–Kier alpha value is -3.55. The first-order chi connectivity index (χ1) is 13.6. The van der Waals surface area contributed by atoms with Crippen molar-refractivity contribution in [2.45, 2.75) is 18.9 Å². The highest BCUT2D eigenvalue weighted by Gasteiger charge is 2.29. The smallest absolute Gasteiger partial charge is 0.255 e. The van der Waals surface area contributed by atoms with E-state index in [1.165, 1.54) is 7.11 Å². The summed E-state index contributed by atoms with van der Waals surface area (Å²) in [7, 11) is 1.52. The van der Waals surface area contributed by atoms with Crippen LogP contribution in [0.2, 0.25) is 0 Å². The lowest BCUT2D eigenvalue weighted by Gasteiger charge is -2.18. The molecule has 0 spiro atoms. The molecule has 0 radical (unpaired) electrons. The van der Waals surface area contributed by atoms with Crippen molar-refractivity contribution in [3.8, 4) is 11.5 Å². The highest BCUT2D eigenvalue weighted by atomic mass is 16.5. The van der Waals surface area contributed by atoms with Gasteiger partial charge in [0.25, 0.3) is 5.91 Å². The van der Waals surface area contributed by atoms with Crippen molar-refractivity contribution in [3.63, 3.8) is 0 Å². The van der Waals surface area contributed by atoms with Gasteiger partial charge in [-0.3, -0.25) is 9.59 Å². The highest BCUT2D eigenvalue weighted by molar-refractivity contribution is 5.78. The van der Waals surface area contributed by atoms with Crippen LogP contribution >= 0.6 is 0 Å². The number of hydrogen-bond acceptors (Lipinski definition) is 5. The minimum Gasteiger partial charge on any atom is -0.493 e. The lowest BCUT2D eigenvalue weighted by molar-refractivity contribution is -0.121. The van der Waals surface area contributed by atoms with Crippen molar-refractivity contribution in [2.24, 2.45) is 5.73 Å². The second-order valence-electron chi connectivity index (χ2n) is 6.57. The maximum Gasteiger partial charge on any atom is 0.255 e. The maximum absolute atomic E-state index is 12.3. The predicted octanol–water partition coefficient (Wildman–Crippen LogP) is 1.36. The average molecular weight is 380 g/mol. The highest BCUT2D eigenvalue weighted by Crippen LogP contribution is 2.37. The van der Waals surface area contributed by atoms with Gasteiger partial charge in [-0.15, -0.1) is 0 Å². The molecular formula is C20H20N4O4. The van der Waals surface area contributed by atoms with Crippen molar-refractivity contribution >= 4 is 17.5 Å². The number of hydrogen-bond donors (Lipinski definition) is 2. The van der Waals surface area contributed by atoms with Crippen LogP contribution in [0.4, 0.5) is 0 Å². The Morgan fingerprint density at radius 3 is 2.96 bits per heavy atom. The Kier molecular flexibility index (Phi) is 4.60. The fourth-order valence-electron chi connectivity index (χ4n) is 3.54. The molecule has 1 unspecified atom stereocenters. The molecule has 4 rings (SSSR count). The third-order valence-corrected chi connectivity index (χ3v) is 4.78. The summed E-state index contributed by atoms with van der Waals surface area (Å²) >= 11 is 0. The standard InChI is InChI=1S/C20H20N4O4/c1-27-16-8-12(5-6-15(16)28-11-17(21)25)13-9-19(26)22-10-14-20(13)24-7-3-2-4-18(24)23-14/h2-8,13H,9-11H2,1H3,(H2,21,25)(H,22,26). The number of carbonyl (C=O) groups excluding carboxylic acids is 2. The molecule has 0 fully saturated rings. The Bertz CT molecular complexity index is 1060. The molecule has 3 N–H and O–H groups in total. The monoisotopic (exact) mass is 380 g/mol. The molecule has 2 amide bonds. The molecule has 28 heavy (non-hydrogen) atoms. The third-order valence-electron chi connectivity index (χ3n) is 4.78. The maximum atomic E-state index is 12.3. The van der Waals surface area contributed by atoms with Crippen LogP contribution in [-0.2, 0) is 16.1 Å². The molecule has 2 aromatic heterocycles. The molecule has 0 saturated heterocycles. The minimum absolute atomic E-state index is 0.0410. The SMILES string of the molecule is COc1cc(C2CC(=O)NCc3nc4ccccn4c32)ccc1OCC(N)=O. The third kappa shape index (κ3) is 3.24. The second-order valence-corrected chi connectivity index (χ2v) is 6.57. The van der Waals surface area contributed by atoms with Crippen LogP contribution in [0.15, 0.2) is 42.6 Å². The van der Waals surface area contributed by atoms with Crippen LogP contribution in [0.25, 0.3) is 5.65 Å². The summed E-state index contributed by atoms with van der Waals surface area (Å²) < 4.78 is 12.8. The molecule has 1 aliphatic heterocycles. The van der Waals surface area contributed by atoms with Crippen molar-refractivity contribution < 1.29 is 19.1 Å². The zero-order valence-electron chi connectivity index (χ0n) is 15.3. The number of pyridine rings is 1. The van der Waals surface area contributed by atoms with Gasteiger partial charge in [0.2, 0.25) is 5.91 Å². The number of carbonyl (C=O) groups is 2. The Morgan fingerprint density at radius 1 is 1.32 bits per heavy atom. The van der Waals surface area contributed by atoms with Gasteiger partial charge in [0, 0.05) is 18.5 Å². The zero-order valence-corrected chi connectivity index (χ0v) is 15.3. The predicted molar refractivity (Wildman–Crippen MR) is 101 cm³/mol. The minimum atomic E-state index is -0.568. The van der Waals surface area contributed by atoms with E-state index in [0.717, 1.165) is 22.6 Å². The Balaban J connectivity index is 1.79. The molecule has 0 bridgehead atoms. The number of amides is 2. The van der Waals surface area contributed by atoms with E-state index in [4.69, 9.17) is 15.2 Å². The first-order valence-corrected chi connectivity index (χ1v) is 8.88. The molecular weight excluding hydrogens is 360 g/mol. The summed E-state index contributed by atoms with van der Waals surface area (Å²) in [5.74, 6) is 0.0805. The number of rotatable bonds is 5. The van der Waals surface area contributed by atoms with Gasteiger partial charge in [-0.05, 0) is 29.8 Å². The van der Waals surface area contributed by atoms with E-state index in [2.05, 4.69) is 10.3 Å². The second kappa shape index (κ2) is 7.22. The number of methoxy groups -OCH3 is 1. The van der Waals surface area contributed by atoms with Gasteiger partial charge < -0.3 is 24.9 Å². The fraction of sp³-hybridized carbons (Fsp3) is 0.250. The number of nitrogens with one attached hydrogen (secondary N) is 1. The normalized spacial score (nSPS) is 16.2. The van der Waals surface area contributed by atoms with Crippen LogP contribution in [0.1, 0.15) is 29.3 Å². The lowest BCUT2D eigenvalue weighted by atomic mass is 9.91. The van der Waals surface area contributed by atoms with Crippen LogP contribution in [-0.4, -0.2) is 34.9 Å². The molecule has 1 aliphatic rings. The van der Waals surface area contributed by atoms with Crippen LogP contribution in [0, 0.1) is 0 Å². The van der Waals surface area contributed by atoms with E-state index in [0.29, 0.717) is 24.5 Å². The van der Waals surface area contributed by atoms with E-state index in [9.17, 15) is 9.59 Å². The summed E-state index contributed by atoms with van der Waals surface area (Å²) in [6, 6.07) is 11.2. The zero-order chi connectivity index (χ0) is 19.7. The quantitative estimate of drug-likeness (QED) is 0.695. The van der Waals surface area contributed by atoms with Gasteiger partial charge in [-0.25, -0.2) is 4.98 Å². The van der Waals surface area contributed by atoms with Gasteiger partial charge in [-0.1, -0.05) is 12.1 Å². The van der Waals surface area contributed by atoms with Gasteiger partial charge in [-0.2, -0.15) is 0 Å². The van der Waals surface area contributed by atoms with Crippen molar-refractivity contribution in [2.75, 3.05) is 13.7 Å². The van der Waals surface area contributed by atoms with Gasteiger partial charge >= 0.3 is 0 Å². The molecule has 144 valence electrons. The first kappa shape index (κ1) is 17.8. The topological polar surface area (TPSA) is 108 Å². The largest absolute Gasteiger partial charge is 0.493 e. The first-order valence-electron chi connectivity index (χ1n) is 8.88. The molecule has 8 nitrogen and oxygen atoms in total. The summed E-state index contributed by atoms with van der Waals surface area (Å²) in [6.45, 7) is 0.155.